The number of hydrogen-bond donors (Lipinski definition) is 1. The monoisotopic (exact) mass is 284 g/mol. The predicted molar refractivity (Wildman–Crippen MR) is 75.3 cm³/mol. The van der Waals surface area contributed by atoms with Gasteiger partial charge in [-0.1, -0.05) is 24.6 Å². The predicted octanol–water partition coefficient (Wildman–Crippen LogP) is 2.84. The Morgan fingerprint density at radius 2 is 2.28 bits per heavy atom. The average molecular weight is 285 g/mol. The van der Waals surface area contributed by atoms with Crippen molar-refractivity contribution in [2.45, 2.75) is 32.3 Å². The molecule has 3 nitrogen and oxygen atoms in total. The molecule has 1 unspecified atom stereocenters. The zero-order chi connectivity index (χ0) is 13.1. The van der Waals surface area contributed by atoms with Crippen LogP contribution in [-0.2, 0) is 26.3 Å². The van der Waals surface area contributed by atoms with Crippen molar-refractivity contribution in [2.24, 2.45) is 7.05 Å². The second kappa shape index (κ2) is 5.87. The molecule has 2 aromatic rings. The minimum atomic E-state index is -0.416. The Balaban J connectivity index is 2.07. The van der Waals surface area contributed by atoms with Crippen molar-refractivity contribution in [3.05, 3.63) is 38.8 Å². The Hall–Kier alpha value is -0.840. The summed E-state index contributed by atoms with van der Waals surface area (Å²) in [6.07, 6.45) is 1.61. The molecule has 2 rings (SSSR count). The van der Waals surface area contributed by atoms with Crippen molar-refractivity contribution in [3.8, 4) is 0 Å². The fourth-order valence-electron chi connectivity index (χ4n) is 2.00. The van der Waals surface area contributed by atoms with E-state index in [0.717, 1.165) is 17.8 Å². The maximum absolute atomic E-state index is 10.1. The highest BCUT2D eigenvalue weighted by atomic mass is 35.5. The molecule has 0 bridgehead atoms. The van der Waals surface area contributed by atoms with Gasteiger partial charge in [0.15, 0.2) is 0 Å². The second-order valence-electron chi connectivity index (χ2n) is 4.33. The molecular formula is C13H17ClN2OS. The lowest BCUT2D eigenvalue weighted by molar-refractivity contribution is 0.174. The van der Waals surface area contributed by atoms with Gasteiger partial charge in [-0.3, -0.25) is 4.68 Å². The van der Waals surface area contributed by atoms with Gasteiger partial charge < -0.3 is 5.11 Å². The van der Waals surface area contributed by atoms with Gasteiger partial charge in [0.25, 0.3) is 0 Å². The van der Waals surface area contributed by atoms with Crippen LogP contribution in [0.3, 0.4) is 0 Å². The lowest BCUT2D eigenvalue weighted by atomic mass is 10.1. The number of rotatable bonds is 5. The maximum Gasteiger partial charge on any atom is 0.0850 e. The van der Waals surface area contributed by atoms with Gasteiger partial charge >= 0.3 is 0 Å². The number of nitrogens with zero attached hydrogens (tertiary/aromatic N) is 2. The first kappa shape index (κ1) is 13.6. The summed E-state index contributed by atoms with van der Waals surface area (Å²) in [5.41, 5.74) is 1.81. The van der Waals surface area contributed by atoms with Crippen LogP contribution in [0.25, 0.3) is 0 Å². The van der Waals surface area contributed by atoms with Crippen LogP contribution in [-0.4, -0.2) is 21.0 Å². The van der Waals surface area contributed by atoms with Crippen LogP contribution in [0, 0.1) is 0 Å². The highest BCUT2D eigenvalue weighted by Gasteiger charge is 2.17. The lowest BCUT2D eigenvalue weighted by Gasteiger charge is -2.10. The normalized spacial score (nSPS) is 12.9. The molecular weight excluding hydrogens is 268 g/mol. The van der Waals surface area contributed by atoms with Crippen LogP contribution in [0.15, 0.2) is 17.5 Å². The van der Waals surface area contributed by atoms with Crippen LogP contribution in [0.2, 0.25) is 5.02 Å². The van der Waals surface area contributed by atoms with Crippen molar-refractivity contribution in [3.63, 3.8) is 0 Å². The second-order valence-corrected chi connectivity index (χ2v) is 5.74. The Labute approximate surface area is 116 Å². The number of aliphatic hydroxyl groups is 1. The zero-order valence-electron chi connectivity index (χ0n) is 10.6. The molecule has 1 atom stereocenters. The zero-order valence-corrected chi connectivity index (χ0v) is 12.1. The minimum Gasteiger partial charge on any atom is -0.392 e. The summed E-state index contributed by atoms with van der Waals surface area (Å²) in [6, 6.07) is 4.04. The molecule has 0 amide bonds. The topological polar surface area (TPSA) is 38.0 Å². The summed E-state index contributed by atoms with van der Waals surface area (Å²) < 4.78 is 1.78. The third-order valence-corrected chi connectivity index (χ3v) is 4.28. The van der Waals surface area contributed by atoms with Gasteiger partial charge in [-0.05, 0) is 17.9 Å². The van der Waals surface area contributed by atoms with E-state index < -0.39 is 6.10 Å². The molecule has 1 N–H and O–H groups in total. The average Bonchev–Trinajstić information content (AvgIpc) is 2.92. The standard InChI is InChI=1S/C13H17ClN2OS/c1-3-11-13(14)12(16(2)15-11)8-9(17)7-10-5-4-6-18-10/h4-6,9,17H,3,7-8H2,1-2H3. The molecule has 2 heterocycles. The van der Waals surface area contributed by atoms with E-state index in [0.29, 0.717) is 17.9 Å². The molecule has 0 aliphatic heterocycles. The Morgan fingerprint density at radius 3 is 2.83 bits per heavy atom. The van der Waals surface area contributed by atoms with Gasteiger partial charge in [0.05, 0.1) is 22.5 Å². The number of thiophene rings is 1. The third-order valence-electron chi connectivity index (χ3n) is 2.95. The fraction of sp³-hybridized carbons (Fsp3) is 0.462. The van der Waals surface area contributed by atoms with E-state index >= 15 is 0 Å². The van der Waals surface area contributed by atoms with E-state index in [4.69, 9.17) is 11.6 Å². The number of aliphatic hydroxyl groups excluding tert-OH is 1. The summed E-state index contributed by atoms with van der Waals surface area (Å²) in [7, 11) is 1.87. The van der Waals surface area contributed by atoms with Gasteiger partial charge in [0, 0.05) is 24.8 Å². The molecule has 5 heteroatoms. The van der Waals surface area contributed by atoms with E-state index in [1.165, 1.54) is 4.88 Å². The van der Waals surface area contributed by atoms with E-state index in [1.54, 1.807) is 16.0 Å². The summed E-state index contributed by atoms with van der Waals surface area (Å²) >= 11 is 7.93. The largest absolute Gasteiger partial charge is 0.392 e. The number of halogens is 1. The molecule has 0 radical (unpaired) electrons. The molecule has 0 aliphatic rings. The van der Waals surface area contributed by atoms with Crippen LogP contribution in [0.5, 0.6) is 0 Å². The van der Waals surface area contributed by atoms with Crippen molar-refractivity contribution in [2.75, 3.05) is 0 Å². The van der Waals surface area contributed by atoms with Crippen molar-refractivity contribution < 1.29 is 5.11 Å². The third kappa shape index (κ3) is 2.94. The van der Waals surface area contributed by atoms with Crippen LogP contribution >= 0.6 is 22.9 Å². The molecule has 0 fully saturated rings. The first-order chi connectivity index (χ1) is 8.61. The highest BCUT2D eigenvalue weighted by Crippen LogP contribution is 2.23. The van der Waals surface area contributed by atoms with E-state index in [-0.39, 0.29) is 0 Å². The summed E-state index contributed by atoms with van der Waals surface area (Å²) in [5, 5.41) is 17.2. The Morgan fingerprint density at radius 1 is 1.50 bits per heavy atom. The maximum atomic E-state index is 10.1. The fourth-order valence-corrected chi connectivity index (χ4v) is 3.15. The van der Waals surface area contributed by atoms with Crippen molar-refractivity contribution in [1.82, 2.24) is 9.78 Å². The Bertz CT molecular complexity index is 507. The molecule has 0 saturated carbocycles. The molecule has 0 aliphatic carbocycles. The summed E-state index contributed by atoms with van der Waals surface area (Å²) in [4.78, 5) is 1.19. The SMILES string of the molecule is CCc1nn(C)c(CC(O)Cc2cccs2)c1Cl. The van der Waals surface area contributed by atoms with E-state index in [9.17, 15) is 5.11 Å². The smallest absolute Gasteiger partial charge is 0.0850 e. The number of aryl methyl sites for hydroxylation is 2. The van der Waals surface area contributed by atoms with Gasteiger partial charge in [-0.2, -0.15) is 5.10 Å². The molecule has 2 aromatic heterocycles. The number of aromatic nitrogens is 2. The highest BCUT2D eigenvalue weighted by molar-refractivity contribution is 7.09. The van der Waals surface area contributed by atoms with Crippen molar-refractivity contribution in [1.29, 1.82) is 0 Å². The van der Waals surface area contributed by atoms with Gasteiger partial charge in [0.1, 0.15) is 0 Å². The minimum absolute atomic E-state index is 0.416. The number of hydrogen-bond acceptors (Lipinski definition) is 3. The van der Waals surface area contributed by atoms with Crippen molar-refractivity contribution >= 4 is 22.9 Å². The lowest BCUT2D eigenvalue weighted by Crippen LogP contribution is -2.15. The first-order valence-electron chi connectivity index (χ1n) is 6.02. The van der Waals surface area contributed by atoms with Crippen LogP contribution in [0.1, 0.15) is 23.2 Å². The Kier molecular flexibility index (Phi) is 4.43. The first-order valence-corrected chi connectivity index (χ1v) is 7.28. The van der Waals surface area contributed by atoms with E-state index in [1.807, 2.05) is 31.5 Å². The van der Waals surface area contributed by atoms with Crippen LogP contribution < -0.4 is 0 Å². The van der Waals surface area contributed by atoms with E-state index in [2.05, 4.69) is 5.10 Å². The summed E-state index contributed by atoms with van der Waals surface area (Å²) in [6.45, 7) is 2.03. The van der Waals surface area contributed by atoms with Gasteiger partial charge in [-0.25, -0.2) is 0 Å². The summed E-state index contributed by atoms with van der Waals surface area (Å²) in [5.74, 6) is 0. The molecule has 18 heavy (non-hydrogen) atoms. The van der Waals surface area contributed by atoms with Gasteiger partial charge in [0.2, 0.25) is 0 Å². The molecule has 0 saturated heterocycles. The van der Waals surface area contributed by atoms with Crippen LogP contribution in [0.4, 0.5) is 0 Å². The van der Waals surface area contributed by atoms with Gasteiger partial charge in [-0.15, -0.1) is 11.3 Å². The molecule has 0 spiro atoms. The molecule has 0 aromatic carbocycles. The molecule has 98 valence electrons. The quantitative estimate of drug-likeness (QED) is 0.917.